The van der Waals surface area contributed by atoms with Gasteiger partial charge in [-0.1, -0.05) is 6.92 Å². The third-order valence-corrected chi connectivity index (χ3v) is 5.36. The number of morpholine rings is 1. The highest BCUT2D eigenvalue weighted by Gasteiger charge is 2.34. The Morgan fingerprint density at radius 2 is 2.17 bits per heavy atom. The highest BCUT2D eigenvalue weighted by molar-refractivity contribution is 5.94. The molecular formula is C18H27N3O3. The lowest BCUT2D eigenvalue weighted by atomic mass is 9.78. The molecule has 0 aromatic carbocycles. The van der Waals surface area contributed by atoms with Crippen LogP contribution >= 0.6 is 0 Å². The number of hydrogen-bond acceptors (Lipinski definition) is 5. The van der Waals surface area contributed by atoms with E-state index in [-0.39, 0.29) is 17.9 Å². The zero-order valence-corrected chi connectivity index (χ0v) is 14.4. The average molecular weight is 333 g/mol. The van der Waals surface area contributed by atoms with Crippen molar-refractivity contribution in [3.63, 3.8) is 0 Å². The van der Waals surface area contributed by atoms with Crippen molar-refractivity contribution < 1.29 is 14.6 Å². The highest BCUT2D eigenvalue weighted by atomic mass is 16.5. The van der Waals surface area contributed by atoms with E-state index in [2.05, 4.69) is 16.8 Å². The summed E-state index contributed by atoms with van der Waals surface area (Å²) in [6.45, 7) is 6.54. The molecule has 3 rings (SSSR count). The minimum Gasteiger partial charge on any atom is -0.396 e. The van der Waals surface area contributed by atoms with Gasteiger partial charge in [0.1, 0.15) is 5.82 Å². The van der Waals surface area contributed by atoms with Crippen molar-refractivity contribution in [2.24, 2.45) is 5.41 Å². The number of aromatic nitrogens is 1. The first-order chi connectivity index (χ1) is 11.7. The van der Waals surface area contributed by atoms with Crippen molar-refractivity contribution in [2.75, 3.05) is 50.9 Å². The topological polar surface area (TPSA) is 65.9 Å². The molecule has 0 spiro atoms. The lowest BCUT2D eigenvalue weighted by Crippen LogP contribution is -2.45. The predicted molar refractivity (Wildman–Crippen MR) is 92.2 cm³/mol. The van der Waals surface area contributed by atoms with Crippen molar-refractivity contribution in [2.45, 2.75) is 26.2 Å². The molecule has 0 radical (unpaired) electrons. The lowest BCUT2D eigenvalue weighted by molar-refractivity contribution is 0.0303. The van der Waals surface area contributed by atoms with Crippen LogP contribution in [0.4, 0.5) is 5.82 Å². The van der Waals surface area contributed by atoms with Crippen LogP contribution in [-0.2, 0) is 4.74 Å². The summed E-state index contributed by atoms with van der Waals surface area (Å²) < 4.78 is 5.31. The van der Waals surface area contributed by atoms with E-state index in [1.807, 2.05) is 11.0 Å². The summed E-state index contributed by atoms with van der Waals surface area (Å²) in [6.07, 6.45) is 4.75. The van der Waals surface area contributed by atoms with Crippen LogP contribution in [0.3, 0.4) is 0 Å². The Morgan fingerprint density at radius 1 is 1.38 bits per heavy atom. The molecule has 0 unspecified atom stereocenters. The van der Waals surface area contributed by atoms with Gasteiger partial charge in [0, 0.05) is 43.4 Å². The summed E-state index contributed by atoms with van der Waals surface area (Å²) in [4.78, 5) is 21.2. The Hall–Kier alpha value is -1.66. The van der Waals surface area contributed by atoms with Crippen LogP contribution in [0, 0.1) is 5.41 Å². The average Bonchev–Trinajstić information content (AvgIpc) is 2.68. The van der Waals surface area contributed by atoms with Gasteiger partial charge in [0.25, 0.3) is 5.91 Å². The quantitative estimate of drug-likeness (QED) is 0.905. The number of pyridine rings is 1. The standard InChI is InChI=1S/C18H27N3O3/c1-2-18(14-22)5-3-7-21(13-18)16-12-15(4-6-19-16)17(23)20-8-10-24-11-9-20/h4,6,12,22H,2-3,5,7-11,13-14H2,1H3/t18-/m0/s1. The number of rotatable bonds is 4. The van der Waals surface area contributed by atoms with E-state index in [0.29, 0.717) is 31.9 Å². The molecule has 24 heavy (non-hydrogen) atoms. The molecule has 132 valence electrons. The Balaban J connectivity index is 1.76. The van der Waals surface area contributed by atoms with Crippen molar-refractivity contribution in [1.82, 2.24) is 9.88 Å². The minimum absolute atomic E-state index is 0.0443. The van der Waals surface area contributed by atoms with Crippen LogP contribution in [0.2, 0.25) is 0 Å². The molecule has 0 aliphatic carbocycles. The fourth-order valence-corrected chi connectivity index (χ4v) is 3.61. The summed E-state index contributed by atoms with van der Waals surface area (Å²) >= 11 is 0. The van der Waals surface area contributed by atoms with Crippen molar-refractivity contribution >= 4 is 11.7 Å². The molecule has 1 aromatic rings. The van der Waals surface area contributed by atoms with E-state index >= 15 is 0 Å². The maximum atomic E-state index is 12.7. The molecule has 1 amide bonds. The van der Waals surface area contributed by atoms with Crippen LogP contribution in [0.15, 0.2) is 18.3 Å². The van der Waals surface area contributed by atoms with Gasteiger partial charge in [-0.2, -0.15) is 0 Å². The fraction of sp³-hybridized carbons (Fsp3) is 0.667. The van der Waals surface area contributed by atoms with Gasteiger partial charge >= 0.3 is 0 Å². The van der Waals surface area contributed by atoms with E-state index in [1.54, 1.807) is 12.3 Å². The molecule has 1 N–H and O–H groups in total. The van der Waals surface area contributed by atoms with Crippen LogP contribution in [0.5, 0.6) is 0 Å². The van der Waals surface area contributed by atoms with Crippen molar-refractivity contribution in [1.29, 1.82) is 0 Å². The Morgan fingerprint density at radius 3 is 2.88 bits per heavy atom. The summed E-state index contributed by atoms with van der Waals surface area (Å²) in [7, 11) is 0. The number of hydrogen-bond donors (Lipinski definition) is 1. The van der Waals surface area contributed by atoms with Crippen LogP contribution in [-0.4, -0.2) is 66.9 Å². The minimum atomic E-state index is -0.0514. The van der Waals surface area contributed by atoms with E-state index < -0.39 is 0 Å². The number of aliphatic hydroxyl groups excluding tert-OH is 1. The fourth-order valence-electron chi connectivity index (χ4n) is 3.61. The van der Waals surface area contributed by atoms with Gasteiger partial charge in [-0.25, -0.2) is 4.98 Å². The highest BCUT2D eigenvalue weighted by Crippen LogP contribution is 2.34. The number of amides is 1. The van der Waals surface area contributed by atoms with Gasteiger partial charge in [-0.05, 0) is 31.4 Å². The number of nitrogens with zero attached hydrogens (tertiary/aromatic N) is 3. The Bertz CT molecular complexity index is 568. The van der Waals surface area contributed by atoms with Crippen LogP contribution in [0.1, 0.15) is 36.5 Å². The van der Waals surface area contributed by atoms with Crippen molar-refractivity contribution in [3.8, 4) is 0 Å². The predicted octanol–water partition coefficient (Wildman–Crippen LogP) is 1.54. The smallest absolute Gasteiger partial charge is 0.254 e. The molecule has 1 atom stereocenters. The molecule has 1 aromatic heterocycles. The maximum Gasteiger partial charge on any atom is 0.254 e. The summed E-state index contributed by atoms with van der Waals surface area (Å²) in [5, 5.41) is 9.80. The number of ether oxygens (including phenoxy) is 1. The Labute approximate surface area is 143 Å². The second-order valence-corrected chi connectivity index (χ2v) is 6.84. The van der Waals surface area contributed by atoms with Gasteiger partial charge in [0.15, 0.2) is 0 Å². The number of carbonyl (C=O) groups excluding carboxylic acids is 1. The number of piperidine rings is 1. The Kier molecular flexibility index (Phi) is 5.36. The summed E-state index contributed by atoms with van der Waals surface area (Å²) in [5.74, 6) is 0.878. The molecule has 0 saturated carbocycles. The van der Waals surface area contributed by atoms with Crippen LogP contribution < -0.4 is 4.90 Å². The van der Waals surface area contributed by atoms with Crippen LogP contribution in [0.25, 0.3) is 0 Å². The molecular weight excluding hydrogens is 306 g/mol. The SMILES string of the molecule is CC[C@]1(CO)CCCN(c2cc(C(=O)N3CCOCC3)ccn2)C1. The van der Waals surface area contributed by atoms with E-state index in [1.165, 1.54) is 0 Å². The lowest BCUT2D eigenvalue weighted by Gasteiger charge is -2.42. The van der Waals surface area contributed by atoms with Gasteiger partial charge in [0.05, 0.1) is 19.8 Å². The zero-order chi connectivity index (χ0) is 17.0. The number of aliphatic hydroxyl groups is 1. The van der Waals surface area contributed by atoms with Gasteiger partial charge in [-0.3, -0.25) is 4.79 Å². The van der Waals surface area contributed by atoms with Gasteiger partial charge < -0.3 is 19.6 Å². The second-order valence-electron chi connectivity index (χ2n) is 6.84. The molecule has 0 bridgehead atoms. The molecule has 6 nitrogen and oxygen atoms in total. The third-order valence-electron chi connectivity index (χ3n) is 5.36. The normalized spacial score (nSPS) is 24.9. The van der Waals surface area contributed by atoms with Crippen molar-refractivity contribution in [3.05, 3.63) is 23.9 Å². The molecule has 2 aliphatic heterocycles. The largest absolute Gasteiger partial charge is 0.396 e. The summed E-state index contributed by atoms with van der Waals surface area (Å²) in [6, 6.07) is 3.67. The molecule has 3 heterocycles. The first kappa shape index (κ1) is 17.2. The monoisotopic (exact) mass is 333 g/mol. The molecule has 2 fully saturated rings. The third kappa shape index (κ3) is 3.54. The first-order valence-electron chi connectivity index (χ1n) is 8.86. The maximum absolute atomic E-state index is 12.7. The molecule has 2 aliphatic rings. The summed E-state index contributed by atoms with van der Waals surface area (Å²) in [5.41, 5.74) is 0.628. The number of anilines is 1. The molecule has 2 saturated heterocycles. The first-order valence-corrected chi connectivity index (χ1v) is 8.86. The van der Waals surface area contributed by atoms with E-state index in [4.69, 9.17) is 4.74 Å². The van der Waals surface area contributed by atoms with E-state index in [9.17, 15) is 9.90 Å². The van der Waals surface area contributed by atoms with E-state index in [0.717, 1.165) is 38.2 Å². The zero-order valence-electron chi connectivity index (χ0n) is 14.4. The second kappa shape index (κ2) is 7.49. The van der Waals surface area contributed by atoms with Gasteiger partial charge in [-0.15, -0.1) is 0 Å². The number of carbonyl (C=O) groups is 1. The van der Waals surface area contributed by atoms with Gasteiger partial charge in [0.2, 0.25) is 0 Å². The molecule has 6 heteroatoms.